The minimum Gasteiger partial charge on any atom is -0.393 e. The Balaban J connectivity index is 1.95. The number of likely N-dealkylation sites (tertiary alicyclic amines) is 1. The van der Waals surface area contributed by atoms with Crippen LogP contribution in [0, 0.1) is 5.41 Å². The summed E-state index contributed by atoms with van der Waals surface area (Å²) in [6, 6.07) is 15.9. The van der Waals surface area contributed by atoms with Gasteiger partial charge in [0.2, 0.25) is 0 Å². The number of hydrogen-bond donors (Lipinski definition) is 3. The van der Waals surface area contributed by atoms with Gasteiger partial charge in [0.25, 0.3) is 5.91 Å². The number of amides is 1. The number of piperidine rings is 1. The number of benzene rings is 2. The van der Waals surface area contributed by atoms with E-state index in [1.54, 1.807) is 6.92 Å². The molecule has 1 unspecified atom stereocenters. The summed E-state index contributed by atoms with van der Waals surface area (Å²) < 4.78 is 0. The van der Waals surface area contributed by atoms with Gasteiger partial charge in [-0.1, -0.05) is 42.0 Å². The lowest BCUT2D eigenvalue weighted by atomic mass is 9.79. The molecule has 2 aliphatic heterocycles. The molecule has 1 fully saturated rings. The Kier molecular flexibility index (Phi) is 5.35. The summed E-state index contributed by atoms with van der Waals surface area (Å²) in [4.78, 5) is 15.8. The van der Waals surface area contributed by atoms with E-state index in [4.69, 9.17) is 5.41 Å². The van der Waals surface area contributed by atoms with Crippen LogP contribution in [0.15, 0.2) is 54.1 Å². The molecule has 0 bridgehead atoms. The van der Waals surface area contributed by atoms with Gasteiger partial charge in [0.1, 0.15) is 0 Å². The topological polar surface area (TPSA) is 76.4 Å². The van der Waals surface area contributed by atoms with Gasteiger partial charge >= 0.3 is 0 Å². The molecule has 2 heterocycles. The number of anilines is 1. The van der Waals surface area contributed by atoms with Crippen molar-refractivity contribution in [1.82, 2.24) is 4.90 Å². The minimum absolute atomic E-state index is 0.0532. The van der Waals surface area contributed by atoms with E-state index >= 15 is 0 Å². The Bertz CT molecular complexity index is 1020. The first-order chi connectivity index (χ1) is 14.4. The molecule has 156 valence electrons. The molecule has 2 aromatic rings. The second-order valence-electron chi connectivity index (χ2n) is 8.51. The van der Waals surface area contributed by atoms with Crippen molar-refractivity contribution in [2.24, 2.45) is 0 Å². The van der Waals surface area contributed by atoms with Crippen LogP contribution in [0.1, 0.15) is 50.3 Å². The van der Waals surface area contributed by atoms with Crippen molar-refractivity contribution in [3.63, 3.8) is 0 Å². The minimum atomic E-state index is -0.935. The van der Waals surface area contributed by atoms with E-state index in [1.165, 1.54) is 0 Å². The van der Waals surface area contributed by atoms with Gasteiger partial charge < -0.3 is 15.8 Å². The molecule has 30 heavy (non-hydrogen) atoms. The highest BCUT2D eigenvalue weighted by molar-refractivity contribution is 6.22. The largest absolute Gasteiger partial charge is 0.393 e. The average molecular weight is 404 g/mol. The third kappa shape index (κ3) is 3.18. The lowest BCUT2D eigenvalue weighted by Gasteiger charge is -2.43. The fourth-order valence-corrected chi connectivity index (χ4v) is 4.99. The van der Waals surface area contributed by atoms with E-state index in [2.05, 4.69) is 16.3 Å². The highest BCUT2D eigenvalue weighted by atomic mass is 16.3. The van der Waals surface area contributed by atoms with Crippen LogP contribution in [0.2, 0.25) is 0 Å². The number of hydrogen-bond acceptors (Lipinski definition) is 4. The molecule has 5 heteroatoms. The van der Waals surface area contributed by atoms with E-state index in [9.17, 15) is 9.90 Å². The van der Waals surface area contributed by atoms with Crippen LogP contribution in [-0.2, 0) is 10.3 Å². The fraction of sp³-hybridized carbons (Fsp3) is 0.360. The lowest BCUT2D eigenvalue weighted by Crippen LogP contribution is -2.55. The van der Waals surface area contributed by atoms with Crippen molar-refractivity contribution in [2.75, 3.05) is 18.4 Å². The van der Waals surface area contributed by atoms with Crippen molar-refractivity contribution in [3.8, 4) is 0 Å². The van der Waals surface area contributed by atoms with Gasteiger partial charge in [-0.05, 0) is 56.9 Å². The number of allylic oxidation sites excluding steroid dienone is 2. The van der Waals surface area contributed by atoms with E-state index in [-0.39, 0.29) is 12.0 Å². The zero-order chi connectivity index (χ0) is 21.5. The standard InChI is InChI=1S/C25H29N3O2/c1-16(2)23(17(3)26)18-9-10-22-21(15-18)25(24(30)27-22,19-7-5-4-6-8-19)28-13-11-20(29)12-14-28/h4-10,15,20,26,29H,11-14H2,1-3H3,(H,27,30). The summed E-state index contributed by atoms with van der Waals surface area (Å²) in [5.74, 6) is -0.0532. The molecule has 2 aliphatic rings. The van der Waals surface area contributed by atoms with Crippen LogP contribution in [0.4, 0.5) is 5.69 Å². The van der Waals surface area contributed by atoms with E-state index in [0.717, 1.165) is 33.5 Å². The van der Waals surface area contributed by atoms with Gasteiger partial charge in [-0.3, -0.25) is 9.69 Å². The summed E-state index contributed by atoms with van der Waals surface area (Å²) in [6.07, 6.45) is 0.980. The first-order valence-electron chi connectivity index (χ1n) is 10.5. The van der Waals surface area contributed by atoms with E-state index in [1.807, 2.05) is 56.3 Å². The van der Waals surface area contributed by atoms with Crippen LogP contribution in [-0.4, -0.2) is 40.8 Å². The Morgan fingerprint density at radius 1 is 1.10 bits per heavy atom. The number of aliphatic hydroxyl groups is 1. The molecular weight excluding hydrogens is 374 g/mol. The number of nitrogens with one attached hydrogen (secondary N) is 2. The summed E-state index contributed by atoms with van der Waals surface area (Å²) in [6.45, 7) is 7.12. The SMILES string of the molecule is CC(=N)C(=C(C)C)c1ccc2c(c1)C(c1ccccc1)(N1CCC(O)CC1)C(=O)N2. The van der Waals surface area contributed by atoms with Crippen molar-refractivity contribution in [2.45, 2.75) is 45.3 Å². The number of fused-ring (bicyclic) bond motifs is 1. The second-order valence-corrected chi connectivity index (χ2v) is 8.51. The summed E-state index contributed by atoms with van der Waals surface area (Å²) in [5, 5.41) is 21.4. The fourth-order valence-electron chi connectivity index (χ4n) is 4.99. The molecule has 0 spiro atoms. The maximum atomic E-state index is 13.6. The van der Waals surface area contributed by atoms with Crippen LogP contribution in [0.25, 0.3) is 5.57 Å². The number of carbonyl (C=O) groups excluding carboxylic acids is 1. The van der Waals surface area contributed by atoms with Crippen LogP contribution < -0.4 is 5.32 Å². The Morgan fingerprint density at radius 3 is 2.37 bits per heavy atom. The van der Waals surface area contributed by atoms with Crippen molar-refractivity contribution < 1.29 is 9.90 Å². The van der Waals surface area contributed by atoms with Gasteiger partial charge in [-0.15, -0.1) is 0 Å². The van der Waals surface area contributed by atoms with Crippen LogP contribution >= 0.6 is 0 Å². The van der Waals surface area contributed by atoms with Crippen LogP contribution in [0.3, 0.4) is 0 Å². The lowest BCUT2D eigenvalue weighted by molar-refractivity contribution is -0.126. The van der Waals surface area contributed by atoms with Gasteiger partial charge in [0.05, 0.1) is 6.10 Å². The van der Waals surface area contributed by atoms with E-state index in [0.29, 0.717) is 31.6 Å². The molecule has 1 amide bonds. The molecule has 1 saturated heterocycles. The third-order valence-electron chi connectivity index (χ3n) is 6.28. The number of aliphatic hydroxyl groups excluding tert-OH is 1. The monoisotopic (exact) mass is 403 g/mol. The Hall–Kier alpha value is -2.76. The summed E-state index contributed by atoms with van der Waals surface area (Å²) in [7, 11) is 0. The molecule has 2 aromatic carbocycles. The molecular formula is C25H29N3O2. The number of nitrogens with zero attached hydrogens (tertiary/aromatic N) is 1. The van der Waals surface area contributed by atoms with Gasteiger partial charge in [0, 0.05) is 35.6 Å². The predicted molar refractivity (Wildman–Crippen MR) is 121 cm³/mol. The molecule has 0 saturated carbocycles. The molecule has 4 rings (SSSR count). The highest BCUT2D eigenvalue weighted by Crippen LogP contribution is 2.47. The molecule has 1 atom stereocenters. The van der Waals surface area contributed by atoms with Gasteiger partial charge in [0.15, 0.2) is 5.54 Å². The molecule has 3 N–H and O–H groups in total. The zero-order valence-electron chi connectivity index (χ0n) is 17.8. The maximum absolute atomic E-state index is 13.6. The summed E-state index contributed by atoms with van der Waals surface area (Å²) in [5.41, 5.74) is 5.19. The quantitative estimate of drug-likeness (QED) is 0.671. The Morgan fingerprint density at radius 2 is 1.77 bits per heavy atom. The zero-order valence-corrected chi connectivity index (χ0v) is 17.8. The second kappa shape index (κ2) is 7.82. The highest BCUT2D eigenvalue weighted by Gasteiger charge is 2.53. The van der Waals surface area contributed by atoms with Gasteiger partial charge in [-0.2, -0.15) is 0 Å². The van der Waals surface area contributed by atoms with Crippen molar-refractivity contribution in [1.29, 1.82) is 5.41 Å². The maximum Gasteiger partial charge on any atom is 0.254 e. The Labute approximate surface area is 177 Å². The first-order valence-corrected chi connectivity index (χ1v) is 10.5. The van der Waals surface area contributed by atoms with Crippen molar-refractivity contribution in [3.05, 3.63) is 70.8 Å². The molecule has 0 aromatic heterocycles. The normalized spacial score (nSPS) is 21.8. The van der Waals surface area contributed by atoms with Crippen molar-refractivity contribution >= 4 is 22.9 Å². The first kappa shape index (κ1) is 20.5. The molecule has 0 aliphatic carbocycles. The molecule has 5 nitrogen and oxygen atoms in total. The smallest absolute Gasteiger partial charge is 0.254 e. The predicted octanol–water partition coefficient (Wildman–Crippen LogP) is 4.17. The number of rotatable bonds is 4. The van der Waals surface area contributed by atoms with E-state index < -0.39 is 5.54 Å². The average Bonchev–Trinajstić information content (AvgIpc) is 3.01. The van der Waals surface area contributed by atoms with Gasteiger partial charge in [-0.25, -0.2) is 0 Å². The molecule has 0 radical (unpaired) electrons. The third-order valence-corrected chi connectivity index (χ3v) is 6.28. The number of carbonyl (C=O) groups is 1. The summed E-state index contributed by atoms with van der Waals surface area (Å²) >= 11 is 0. The van der Waals surface area contributed by atoms with Crippen LogP contribution in [0.5, 0.6) is 0 Å².